The topological polar surface area (TPSA) is 190 Å². The van der Waals surface area contributed by atoms with E-state index in [2.05, 4.69) is 131 Å². The molecule has 402 valence electrons. The van der Waals surface area contributed by atoms with Gasteiger partial charge in [0.1, 0.15) is 0 Å². The molecule has 8 fully saturated rings. The van der Waals surface area contributed by atoms with Crippen LogP contribution in [0.2, 0.25) is 0 Å². The van der Waals surface area contributed by atoms with Gasteiger partial charge in [-0.2, -0.15) is 10.1 Å². The van der Waals surface area contributed by atoms with E-state index in [1.807, 2.05) is 48.5 Å². The van der Waals surface area contributed by atoms with Crippen LogP contribution in [-0.2, 0) is 57.2 Å². The van der Waals surface area contributed by atoms with Gasteiger partial charge in [-0.05, 0) is 120 Å². The minimum Gasteiger partial charge on any atom is -0.358 e. The summed E-state index contributed by atoms with van der Waals surface area (Å²) in [5.74, 6) is -1.01. The molecule has 8 aliphatic rings. The number of ether oxygens (including phenoxy) is 8. The van der Waals surface area contributed by atoms with Gasteiger partial charge >= 0.3 is 11.9 Å². The molecule has 8 atom stereocenters. The molecule has 8 aliphatic heterocycles. The lowest BCUT2D eigenvalue weighted by Gasteiger charge is -2.22. The summed E-state index contributed by atoms with van der Waals surface area (Å²) in [5.41, 5.74) is 13.3. The highest BCUT2D eigenvalue weighted by atomic mass is 16.8. The van der Waals surface area contributed by atoms with Gasteiger partial charge in [0.05, 0.1) is 64.2 Å². The Hall–Kier alpha value is -7.78. The number of benzene rings is 6. The lowest BCUT2D eigenvalue weighted by atomic mass is 10.0. The second kappa shape index (κ2) is 22.3. The number of rotatable bonds is 21. The zero-order valence-corrected chi connectivity index (χ0v) is 43.2. The van der Waals surface area contributed by atoms with E-state index in [1.54, 1.807) is 13.8 Å². The molecule has 18 nitrogen and oxygen atoms in total. The maximum Gasteiger partial charge on any atom is 0.358 e. The van der Waals surface area contributed by atoms with Crippen molar-refractivity contribution in [2.75, 3.05) is 83.4 Å². The van der Waals surface area contributed by atoms with E-state index < -0.39 is 11.9 Å². The van der Waals surface area contributed by atoms with Crippen LogP contribution in [0, 0.1) is 0 Å². The minimum absolute atomic E-state index is 0.174. The second-order valence-corrected chi connectivity index (χ2v) is 19.8. The molecule has 0 bridgehead atoms. The Kier molecular flexibility index (Phi) is 14.6. The number of nitrogens with one attached hydrogen (secondary N) is 2. The monoisotopic (exact) mass is 1060 g/mol. The van der Waals surface area contributed by atoms with Crippen molar-refractivity contribution in [2.24, 2.45) is 0 Å². The van der Waals surface area contributed by atoms with Crippen LogP contribution in [0.15, 0.2) is 170 Å². The van der Waals surface area contributed by atoms with Gasteiger partial charge in [-0.25, -0.2) is 9.59 Å². The lowest BCUT2D eigenvalue weighted by Crippen LogP contribution is -2.30. The van der Waals surface area contributed by atoms with Crippen molar-refractivity contribution in [3.8, 4) is 33.4 Å². The third-order valence-electron chi connectivity index (χ3n) is 13.4. The van der Waals surface area contributed by atoms with Gasteiger partial charge in [0, 0.05) is 33.9 Å². The molecule has 0 saturated carbocycles. The van der Waals surface area contributed by atoms with Crippen molar-refractivity contribution < 1.29 is 57.2 Å². The normalized spacial score (nSPS) is 23.7. The van der Waals surface area contributed by atoms with Gasteiger partial charge in [0.15, 0.2) is 49.8 Å². The number of carbonyl (C=O) groups excluding carboxylic acids is 2. The summed E-state index contributed by atoms with van der Waals surface area (Å²) in [5, 5.41) is 9.48. The summed E-state index contributed by atoms with van der Waals surface area (Å²) in [6.07, 6.45) is 0.523. The van der Waals surface area contributed by atoms with Crippen molar-refractivity contribution in [3.05, 3.63) is 170 Å². The first-order chi connectivity index (χ1) is 38.1. The van der Waals surface area contributed by atoms with Crippen molar-refractivity contribution in [1.82, 2.24) is 0 Å². The predicted molar refractivity (Wildman–Crippen MR) is 293 cm³/mol. The molecule has 0 spiro atoms. The van der Waals surface area contributed by atoms with Gasteiger partial charge < -0.3 is 68.0 Å². The summed E-state index contributed by atoms with van der Waals surface area (Å²) in [7, 11) is 0. The Morgan fingerprint density at radius 1 is 0.372 bits per heavy atom. The van der Waals surface area contributed by atoms with Crippen LogP contribution in [0.1, 0.15) is 13.8 Å². The maximum atomic E-state index is 11.9. The van der Waals surface area contributed by atoms with E-state index in [0.29, 0.717) is 35.7 Å². The minimum atomic E-state index is -0.503. The van der Waals surface area contributed by atoms with Crippen LogP contribution in [-0.4, -0.2) is 115 Å². The van der Waals surface area contributed by atoms with E-state index in [0.717, 1.165) is 73.5 Å². The average molecular weight is 1060 g/mol. The highest BCUT2D eigenvalue weighted by Gasteiger charge is 2.43. The van der Waals surface area contributed by atoms with Gasteiger partial charge in [-0.1, -0.05) is 86.0 Å². The van der Waals surface area contributed by atoms with Gasteiger partial charge in [-0.3, -0.25) is 0 Å². The molecule has 78 heavy (non-hydrogen) atoms. The van der Waals surface area contributed by atoms with Crippen LogP contribution in [0.4, 0.5) is 34.1 Å². The van der Waals surface area contributed by atoms with E-state index in [-0.39, 0.29) is 49.8 Å². The van der Waals surface area contributed by atoms with E-state index >= 15 is 0 Å². The fourth-order valence-corrected chi connectivity index (χ4v) is 8.50. The van der Waals surface area contributed by atoms with E-state index in [1.165, 1.54) is 32.4 Å². The average Bonchev–Trinajstić information content (AvgIpc) is 4.30. The number of epoxide rings is 8. The summed E-state index contributed by atoms with van der Waals surface area (Å²) < 4.78 is 42.7. The summed E-state index contributed by atoms with van der Waals surface area (Å²) in [4.78, 5) is 39.1. The maximum absolute atomic E-state index is 11.9. The molecule has 14 rings (SSSR count). The quantitative estimate of drug-likeness (QED) is 0.0394. The zero-order chi connectivity index (χ0) is 53.3. The molecule has 8 heterocycles. The summed E-state index contributed by atoms with van der Waals surface area (Å²) in [6.45, 7) is 16.1. The standard InChI is InChI=1S/C24H24N2O6.C20H20N2O4.C16H16N2O2/c1-15(2)23(27)31-25(21-13-29-21)19-9-5-17(6-10-19)18-7-11-20(12-8-18)26(22-14-30-22)32-24(28)16(3)4;1-5-15(21(17-9-23-17)18-10-24-18)6-2-13(1)14-3-7-16(8-4-14)22(19-11-25-19)20-12-26-20;1-5-13(17-15-9-19-15)6-2-11(1)12-3-7-14(8-4-12)18-16-10-20-16/h5-12,21-22H,1,3,13-14H2,2,4H3;1-8,17-20H,9-12H2;1-8,15-18H,9-10H2. The fraction of sp³-hybridized carbons (Fsp3) is 0.300. The van der Waals surface area contributed by atoms with Gasteiger partial charge in [-0.15, -0.1) is 0 Å². The van der Waals surface area contributed by atoms with Gasteiger partial charge in [0.25, 0.3) is 0 Å². The second-order valence-electron chi connectivity index (χ2n) is 19.8. The molecule has 0 amide bonds. The van der Waals surface area contributed by atoms with Crippen LogP contribution in [0.25, 0.3) is 33.4 Å². The predicted octanol–water partition coefficient (Wildman–Crippen LogP) is 9.03. The Labute approximate surface area is 452 Å². The van der Waals surface area contributed by atoms with Crippen molar-refractivity contribution in [2.45, 2.75) is 63.7 Å². The molecule has 2 N–H and O–H groups in total. The largest absolute Gasteiger partial charge is 0.358 e. The molecule has 18 heteroatoms. The molecule has 8 unspecified atom stereocenters. The molecule has 6 aromatic carbocycles. The molecule has 0 aliphatic carbocycles. The smallest absolute Gasteiger partial charge is 0.358 e. The summed E-state index contributed by atoms with van der Waals surface area (Å²) in [6, 6.07) is 49.2. The number of nitrogens with zero attached hydrogens (tertiary/aromatic N) is 4. The highest BCUT2D eigenvalue weighted by Crippen LogP contribution is 2.37. The highest BCUT2D eigenvalue weighted by molar-refractivity contribution is 5.88. The molecular weight excluding hydrogens is 997 g/mol. The zero-order valence-electron chi connectivity index (χ0n) is 43.2. The van der Waals surface area contributed by atoms with Crippen LogP contribution >= 0.6 is 0 Å². The van der Waals surface area contributed by atoms with E-state index in [4.69, 9.17) is 47.6 Å². The molecular formula is C60H60N6O12. The Bertz CT molecular complexity index is 2840. The molecule has 6 aromatic rings. The van der Waals surface area contributed by atoms with Crippen molar-refractivity contribution in [1.29, 1.82) is 0 Å². The van der Waals surface area contributed by atoms with Crippen LogP contribution in [0.5, 0.6) is 0 Å². The number of hydrogen-bond donors (Lipinski definition) is 2. The number of hydrogen-bond acceptors (Lipinski definition) is 18. The Balaban J connectivity index is 0.000000120. The van der Waals surface area contributed by atoms with Crippen LogP contribution in [0.3, 0.4) is 0 Å². The SMILES string of the molecule is C=C(C)C(=O)ON(c1ccc(-c2ccc(N(OC(=O)C(=C)C)C3CO3)cc2)cc1)C1CO1.c1cc(-c2ccc(NC3CO3)cc2)ccc1NC1CO1.c1cc(N(C2CO2)C2CO2)ccc1-c1ccc(N(C2CO2)C2CO2)cc1. The van der Waals surface area contributed by atoms with Gasteiger partial charge in [0.2, 0.25) is 0 Å². The lowest BCUT2D eigenvalue weighted by molar-refractivity contribution is -0.142. The van der Waals surface area contributed by atoms with Crippen LogP contribution < -0.4 is 30.6 Å². The first kappa shape index (κ1) is 51.0. The number of hydroxylamine groups is 2. The first-order valence-electron chi connectivity index (χ1n) is 26.0. The summed E-state index contributed by atoms with van der Waals surface area (Å²) >= 11 is 0. The van der Waals surface area contributed by atoms with Crippen molar-refractivity contribution in [3.63, 3.8) is 0 Å². The van der Waals surface area contributed by atoms with Crippen molar-refractivity contribution >= 4 is 46.1 Å². The molecule has 0 aromatic heterocycles. The fourth-order valence-electron chi connectivity index (χ4n) is 8.50. The Morgan fingerprint density at radius 3 is 0.821 bits per heavy atom. The molecule has 8 saturated heterocycles. The third kappa shape index (κ3) is 13.3. The number of anilines is 6. The van der Waals surface area contributed by atoms with E-state index in [9.17, 15) is 9.59 Å². The third-order valence-corrected chi connectivity index (χ3v) is 13.4. The first-order valence-corrected chi connectivity index (χ1v) is 26.0. The molecule has 0 radical (unpaired) electrons. The Morgan fingerprint density at radius 2 is 0.603 bits per heavy atom. The number of carbonyl (C=O) groups is 2.